The third-order valence-electron chi connectivity index (χ3n) is 3.02. The van der Waals surface area contributed by atoms with Crippen LogP contribution in [-0.4, -0.2) is 26.1 Å². The summed E-state index contributed by atoms with van der Waals surface area (Å²) >= 11 is 0. The van der Waals surface area contributed by atoms with Crippen molar-refractivity contribution in [3.63, 3.8) is 0 Å². The van der Waals surface area contributed by atoms with Crippen LogP contribution in [0.5, 0.6) is 5.75 Å². The van der Waals surface area contributed by atoms with Crippen LogP contribution in [0.15, 0.2) is 42.5 Å². The number of hydrogen-bond acceptors (Lipinski definition) is 2. The van der Waals surface area contributed by atoms with Gasteiger partial charge in [-0.1, -0.05) is 36.4 Å². The number of hydrogen-bond donors (Lipinski definition) is 0. The predicted octanol–water partition coefficient (Wildman–Crippen LogP) is 3.15. The highest BCUT2D eigenvalue weighted by Crippen LogP contribution is 2.21. The molecule has 0 heterocycles. The van der Waals surface area contributed by atoms with E-state index in [1.165, 1.54) is 16.7 Å². The van der Waals surface area contributed by atoms with Gasteiger partial charge >= 0.3 is 0 Å². The molecular weight excluding hydrogens is 234 g/mol. The first kappa shape index (κ1) is 13.6. The number of ether oxygens (including phenoxy) is 1. The van der Waals surface area contributed by atoms with E-state index < -0.39 is 0 Å². The van der Waals surface area contributed by atoms with Gasteiger partial charge in [-0.2, -0.15) is 0 Å². The molecule has 1 radical (unpaired) electrons. The second kappa shape index (κ2) is 6.39. The van der Waals surface area contributed by atoms with Crippen molar-refractivity contribution in [3.8, 4) is 5.75 Å². The standard InChI is InChI=1S/C17H20NO/c1-18(2)13-15-8-6-7-14(11-15)12-16-9-4-5-10-17(16)19-3/h4,6-11H,12-13H2,1-3H3. The van der Waals surface area contributed by atoms with Crippen molar-refractivity contribution in [1.82, 2.24) is 4.90 Å². The molecule has 19 heavy (non-hydrogen) atoms. The van der Waals surface area contributed by atoms with Crippen LogP contribution in [0, 0.1) is 6.07 Å². The van der Waals surface area contributed by atoms with Gasteiger partial charge in [0, 0.05) is 13.0 Å². The van der Waals surface area contributed by atoms with Gasteiger partial charge in [0.1, 0.15) is 5.75 Å². The van der Waals surface area contributed by atoms with E-state index in [0.29, 0.717) is 0 Å². The molecular formula is C17H20NO. The maximum atomic E-state index is 5.37. The third kappa shape index (κ3) is 3.83. The second-order valence-electron chi connectivity index (χ2n) is 4.97. The lowest BCUT2D eigenvalue weighted by Crippen LogP contribution is -2.10. The summed E-state index contributed by atoms with van der Waals surface area (Å²) in [6.45, 7) is 0.966. The van der Waals surface area contributed by atoms with Gasteiger partial charge in [-0.25, -0.2) is 0 Å². The fourth-order valence-corrected chi connectivity index (χ4v) is 2.21. The van der Waals surface area contributed by atoms with Crippen LogP contribution < -0.4 is 4.74 Å². The summed E-state index contributed by atoms with van der Waals surface area (Å²) in [5.41, 5.74) is 3.84. The minimum atomic E-state index is 0.888. The van der Waals surface area contributed by atoms with Gasteiger partial charge in [0.2, 0.25) is 0 Å². The van der Waals surface area contributed by atoms with E-state index in [-0.39, 0.29) is 0 Å². The Bertz CT molecular complexity index is 534. The van der Waals surface area contributed by atoms with Crippen molar-refractivity contribution >= 4 is 0 Å². The average molecular weight is 254 g/mol. The van der Waals surface area contributed by atoms with Crippen LogP contribution in [0.3, 0.4) is 0 Å². The smallest absolute Gasteiger partial charge is 0.123 e. The van der Waals surface area contributed by atoms with Gasteiger partial charge in [-0.15, -0.1) is 0 Å². The lowest BCUT2D eigenvalue weighted by Gasteiger charge is -2.12. The van der Waals surface area contributed by atoms with Gasteiger partial charge in [0.05, 0.1) is 7.11 Å². The molecule has 2 aromatic carbocycles. The van der Waals surface area contributed by atoms with E-state index in [1.54, 1.807) is 7.11 Å². The molecule has 0 spiro atoms. The maximum absolute atomic E-state index is 5.37. The first-order valence-electron chi connectivity index (χ1n) is 6.44. The van der Waals surface area contributed by atoms with Crippen LogP contribution in [0.1, 0.15) is 16.7 Å². The molecule has 0 aliphatic rings. The normalized spacial score (nSPS) is 10.7. The molecule has 2 nitrogen and oxygen atoms in total. The number of methoxy groups -OCH3 is 1. The van der Waals surface area contributed by atoms with Crippen LogP contribution in [-0.2, 0) is 13.0 Å². The SMILES string of the molecule is COc1c[c]ccc1Cc1cccc(CN(C)C)c1. The Labute approximate surface area is 115 Å². The molecule has 0 atom stereocenters. The van der Waals surface area contributed by atoms with Gasteiger partial charge in [-0.05, 0) is 42.9 Å². The molecule has 2 heteroatoms. The Hall–Kier alpha value is -1.80. The Morgan fingerprint density at radius 1 is 1.16 bits per heavy atom. The second-order valence-corrected chi connectivity index (χ2v) is 4.97. The largest absolute Gasteiger partial charge is 0.496 e. The molecule has 0 saturated heterocycles. The van der Waals surface area contributed by atoms with Gasteiger partial charge < -0.3 is 9.64 Å². The molecule has 0 aromatic heterocycles. The van der Waals surface area contributed by atoms with Crippen molar-refractivity contribution in [2.75, 3.05) is 21.2 Å². The summed E-state index contributed by atoms with van der Waals surface area (Å²) in [6, 6.07) is 17.6. The van der Waals surface area contributed by atoms with Gasteiger partial charge in [-0.3, -0.25) is 0 Å². The molecule has 0 bridgehead atoms. The highest BCUT2D eigenvalue weighted by molar-refractivity contribution is 5.38. The number of nitrogens with zero attached hydrogens (tertiary/aromatic N) is 1. The summed E-state index contributed by atoms with van der Waals surface area (Å²) in [6.07, 6.45) is 0.888. The first-order chi connectivity index (χ1) is 9.19. The molecule has 0 fully saturated rings. The zero-order chi connectivity index (χ0) is 13.7. The van der Waals surface area contributed by atoms with Crippen molar-refractivity contribution in [3.05, 3.63) is 65.2 Å². The summed E-state index contributed by atoms with van der Waals surface area (Å²) in [4.78, 5) is 2.18. The Morgan fingerprint density at radius 3 is 2.68 bits per heavy atom. The lowest BCUT2D eigenvalue weighted by molar-refractivity contribution is 0.402. The first-order valence-corrected chi connectivity index (χ1v) is 6.44. The van der Waals surface area contributed by atoms with E-state index >= 15 is 0 Å². The van der Waals surface area contributed by atoms with E-state index in [4.69, 9.17) is 4.74 Å². The number of benzene rings is 2. The van der Waals surface area contributed by atoms with Crippen molar-refractivity contribution in [2.24, 2.45) is 0 Å². The predicted molar refractivity (Wildman–Crippen MR) is 78.5 cm³/mol. The van der Waals surface area contributed by atoms with Crippen molar-refractivity contribution in [1.29, 1.82) is 0 Å². The minimum absolute atomic E-state index is 0.888. The number of rotatable bonds is 5. The third-order valence-corrected chi connectivity index (χ3v) is 3.02. The Balaban J connectivity index is 2.18. The molecule has 0 unspecified atom stereocenters. The Morgan fingerprint density at radius 2 is 1.95 bits per heavy atom. The van der Waals surface area contributed by atoms with Crippen molar-refractivity contribution in [2.45, 2.75) is 13.0 Å². The molecule has 0 N–H and O–H groups in total. The van der Waals surface area contributed by atoms with Crippen LogP contribution >= 0.6 is 0 Å². The van der Waals surface area contributed by atoms with Crippen LogP contribution in [0.4, 0.5) is 0 Å². The lowest BCUT2D eigenvalue weighted by atomic mass is 10.0. The topological polar surface area (TPSA) is 12.5 Å². The molecule has 0 amide bonds. The van der Waals surface area contributed by atoms with E-state index in [2.05, 4.69) is 55.4 Å². The molecule has 2 rings (SSSR count). The minimum Gasteiger partial charge on any atom is -0.496 e. The monoisotopic (exact) mass is 254 g/mol. The highest BCUT2D eigenvalue weighted by Gasteiger charge is 2.04. The van der Waals surface area contributed by atoms with E-state index in [9.17, 15) is 0 Å². The van der Waals surface area contributed by atoms with Crippen LogP contribution in [0.2, 0.25) is 0 Å². The molecule has 99 valence electrons. The zero-order valence-corrected chi connectivity index (χ0v) is 11.8. The Kier molecular flexibility index (Phi) is 4.58. The van der Waals surface area contributed by atoms with E-state index in [1.807, 2.05) is 12.1 Å². The van der Waals surface area contributed by atoms with E-state index in [0.717, 1.165) is 18.7 Å². The summed E-state index contributed by atoms with van der Waals surface area (Å²) in [5, 5.41) is 0. The maximum Gasteiger partial charge on any atom is 0.123 e. The van der Waals surface area contributed by atoms with Gasteiger partial charge in [0.25, 0.3) is 0 Å². The summed E-state index contributed by atoms with van der Waals surface area (Å²) < 4.78 is 5.37. The highest BCUT2D eigenvalue weighted by atomic mass is 16.5. The van der Waals surface area contributed by atoms with Crippen LogP contribution in [0.25, 0.3) is 0 Å². The molecule has 0 saturated carbocycles. The van der Waals surface area contributed by atoms with Crippen molar-refractivity contribution < 1.29 is 4.74 Å². The average Bonchev–Trinajstić information content (AvgIpc) is 2.39. The molecule has 0 aliphatic heterocycles. The summed E-state index contributed by atoms with van der Waals surface area (Å²) in [7, 11) is 5.88. The zero-order valence-electron chi connectivity index (χ0n) is 11.8. The van der Waals surface area contributed by atoms with Gasteiger partial charge in [0.15, 0.2) is 0 Å². The quantitative estimate of drug-likeness (QED) is 0.812. The fourth-order valence-electron chi connectivity index (χ4n) is 2.21. The molecule has 0 aliphatic carbocycles. The molecule has 2 aromatic rings. The summed E-state index contributed by atoms with van der Waals surface area (Å²) in [5.74, 6) is 0.903. The fraction of sp³-hybridized carbons (Fsp3) is 0.294.